The van der Waals surface area contributed by atoms with Crippen LogP contribution >= 0.6 is 0 Å². The van der Waals surface area contributed by atoms with Crippen molar-refractivity contribution in [3.63, 3.8) is 0 Å². The van der Waals surface area contributed by atoms with Crippen molar-refractivity contribution >= 4 is 15.8 Å². The van der Waals surface area contributed by atoms with Crippen LogP contribution in [0.2, 0.25) is 0 Å². The topological polar surface area (TPSA) is 89.3 Å². The third kappa shape index (κ3) is 7.01. The highest BCUT2D eigenvalue weighted by Crippen LogP contribution is 2.18. The first-order valence-electron chi connectivity index (χ1n) is 10.2. The Morgan fingerprint density at radius 2 is 2.00 bits per heavy atom. The van der Waals surface area contributed by atoms with Crippen molar-refractivity contribution in [1.29, 1.82) is 0 Å². The molecule has 1 aliphatic rings. The SMILES string of the molecule is CNc1nc(CS(C)(=O)=O)nn1CCCOc1cccc(CN2CCCCC2)c1. The summed E-state index contributed by atoms with van der Waals surface area (Å²) in [5.41, 5.74) is 1.28. The molecule has 1 saturated heterocycles. The number of likely N-dealkylation sites (tertiary alicyclic amines) is 1. The van der Waals surface area contributed by atoms with Gasteiger partial charge in [-0.2, -0.15) is 10.1 Å². The molecule has 1 aromatic heterocycles. The zero-order valence-electron chi connectivity index (χ0n) is 17.3. The summed E-state index contributed by atoms with van der Waals surface area (Å²) in [5, 5.41) is 7.25. The van der Waals surface area contributed by atoms with Gasteiger partial charge in [-0.1, -0.05) is 18.6 Å². The fourth-order valence-electron chi connectivity index (χ4n) is 3.54. The van der Waals surface area contributed by atoms with Crippen LogP contribution in [-0.4, -0.2) is 61.1 Å². The number of hydrogen-bond donors (Lipinski definition) is 1. The monoisotopic (exact) mass is 421 g/mol. The maximum atomic E-state index is 11.4. The molecule has 0 bridgehead atoms. The second-order valence-corrected chi connectivity index (χ2v) is 9.72. The summed E-state index contributed by atoms with van der Waals surface area (Å²) < 4.78 is 30.5. The van der Waals surface area contributed by atoms with Gasteiger partial charge >= 0.3 is 0 Å². The third-order valence-corrected chi connectivity index (χ3v) is 5.65. The summed E-state index contributed by atoms with van der Waals surface area (Å²) in [6.45, 7) is 4.49. The molecule has 0 atom stereocenters. The highest BCUT2D eigenvalue weighted by atomic mass is 32.2. The fraction of sp³-hybridized carbons (Fsp3) is 0.600. The fourth-order valence-corrected chi connectivity index (χ4v) is 4.13. The van der Waals surface area contributed by atoms with Gasteiger partial charge in [-0.3, -0.25) is 4.90 Å². The number of hydrogen-bond acceptors (Lipinski definition) is 7. The molecule has 8 nitrogen and oxygen atoms in total. The Bertz CT molecular complexity index is 891. The van der Waals surface area contributed by atoms with Crippen LogP contribution in [0.15, 0.2) is 24.3 Å². The molecule has 1 N–H and O–H groups in total. The van der Waals surface area contributed by atoms with Crippen molar-refractivity contribution in [1.82, 2.24) is 19.7 Å². The summed E-state index contributed by atoms with van der Waals surface area (Å²) in [6.07, 6.45) is 5.85. The standard InChI is InChI=1S/C20H31N5O3S/c1-21-20-22-19(16-29(2,26)27)23-25(20)12-7-13-28-18-9-6-8-17(14-18)15-24-10-4-3-5-11-24/h6,8-9,14H,3-5,7,10-13,15-16H2,1-2H3,(H,21,22,23). The van der Waals surface area contributed by atoms with Gasteiger partial charge in [-0.05, 0) is 43.6 Å². The van der Waals surface area contributed by atoms with E-state index in [1.165, 1.54) is 44.2 Å². The molecule has 29 heavy (non-hydrogen) atoms. The molecule has 1 aromatic carbocycles. The first kappa shape index (κ1) is 21.6. The highest BCUT2D eigenvalue weighted by molar-refractivity contribution is 7.89. The molecule has 9 heteroatoms. The second-order valence-electron chi connectivity index (χ2n) is 7.58. The minimum atomic E-state index is -3.16. The van der Waals surface area contributed by atoms with Crippen LogP contribution in [-0.2, 0) is 28.7 Å². The Labute approximate surface area is 173 Å². The van der Waals surface area contributed by atoms with E-state index in [9.17, 15) is 8.42 Å². The summed E-state index contributed by atoms with van der Waals surface area (Å²) in [7, 11) is -1.41. The van der Waals surface area contributed by atoms with Gasteiger partial charge in [0.05, 0.1) is 6.61 Å². The van der Waals surface area contributed by atoms with Crippen LogP contribution in [0.3, 0.4) is 0 Å². The van der Waals surface area contributed by atoms with Crippen LogP contribution in [0.5, 0.6) is 5.75 Å². The molecule has 0 saturated carbocycles. The molecule has 2 aromatic rings. The van der Waals surface area contributed by atoms with Gasteiger partial charge in [0, 0.05) is 32.8 Å². The number of piperidine rings is 1. The molecule has 0 spiro atoms. The molecule has 0 aliphatic carbocycles. The molecule has 0 radical (unpaired) electrons. The Morgan fingerprint density at radius 1 is 1.21 bits per heavy atom. The number of nitrogens with zero attached hydrogens (tertiary/aromatic N) is 4. The van der Waals surface area contributed by atoms with Crippen molar-refractivity contribution in [2.24, 2.45) is 0 Å². The number of aryl methyl sites for hydroxylation is 1. The zero-order chi connectivity index (χ0) is 20.7. The number of ether oxygens (including phenoxy) is 1. The Kier molecular flexibility index (Phi) is 7.49. The number of rotatable bonds is 10. The summed E-state index contributed by atoms with van der Waals surface area (Å²) in [5.74, 6) is 1.59. The van der Waals surface area contributed by atoms with Crippen molar-refractivity contribution in [2.45, 2.75) is 44.5 Å². The average Bonchev–Trinajstić information content (AvgIpc) is 3.06. The lowest BCUT2D eigenvalue weighted by molar-refractivity contribution is 0.220. The Hall–Kier alpha value is -2.13. The van der Waals surface area contributed by atoms with Crippen molar-refractivity contribution in [2.75, 3.05) is 38.3 Å². The van der Waals surface area contributed by atoms with E-state index in [2.05, 4.69) is 32.4 Å². The molecule has 0 amide bonds. The first-order chi connectivity index (χ1) is 13.9. The van der Waals surface area contributed by atoms with E-state index >= 15 is 0 Å². The molecule has 160 valence electrons. The molecule has 1 aliphatic heterocycles. The minimum absolute atomic E-state index is 0.158. The van der Waals surface area contributed by atoms with Gasteiger partial charge in [0.2, 0.25) is 5.95 Å². The van der Waals surface area contributed by atoms with Gasteiger partial charge in [0.25, 0.3) is 0 Å². The van der Waals surface area contributed by atoms with Gasteiger partial charge in [-0.25, -0.2) is 13.1 Å². The zero-order valence-corrected chi connectivity index (χ0v) is 18.1. The Balaban J connectivity index is 1.48. The van der Waals surface area contributed by atoms with Crippen molar-refractivity contribution < 1.29 is 13.2 Å². The van der Waals surface area contributed by atoms with E-state index in [1.807, 2.05) is 12.1 Å². The maximum absolute atomic E-state index is 11.4. The summed E-state index contributed by atoms with van der Waals surface area (Å²) in [6, 6.07) is 8.30. The number of sulfone groups is 1. The van der Waals surface area contributed by atoms with E-state index in [1.54, 1.807) is 11.7 Å². The van der Waals surface area contributed by atoms with Gasteiger partial charge < -0.3 is 10.1 Å². The van der Waals surface area contributed by atoms with Gasteiger partial charge in [-0.15, -0.1) is 0 Å². The second kappa shape index (κ2) is 10.1. The van der Waals surface area contributed by atoms with Crippen molar-refractivity contribution in [3.05, 3.63) is 35.7 Å². The lowest BCUT2D eigenvalue weighted by Crippen LogP contribution is -2.29. The largest absolute Gasteiger partial charge is 0.494 e. The smallest absolute Gasteiger partial charge is 0.221 e. The summed E-state index contributed by atoms with van der Waals surface area (Å²) >= 11 is 0. The van der Waals surface area contributed by atoms with Gasteiger partial charge in [0.1, 0.15) is 11.5 Å². The predicted molar refractivity (Wildman–Crippen MR) is 114 cm³/mol. The summed E-state index contributed by atoms with van der Waals surface area (Å²) in [4.78, 5) is 6.73. The minimum Gasteiger partial charge on any atom is -0.494 e. The van der Waals surface area contributed by atoms with Gasteiger partial charge in [0.15, 0.2) is 15.7 Å². The maximum Gasteiger partial charge on any atom is 0.221 e. The molecular formula is C20H31N5O3S. The van der Waals surface area contributed by atoms with E-state index in [-0.39, 0.29) is 5.75 Å². The number of anilines is 1. The molecular weight excluding hydrogens is 390 g/mol. The first-order valence-corrected chi connectivity index (χ1v) is 12.2. The number of aromatic nitrogens is 3. The lowest BCUT2D eigenvalue weighted by atomic mass is 10.1. The predicted octanol–water partition coefficient (Wildman–Crippen LogP) is 2.32. The molecule has 2 heterocycles. The van der Waals surface area contributed by atoms with Crippen molar-refractivity contribution in [3.8, 4) is 5.75 Å². The van der Waals surface area contributed by atoms with E-state index < -0.39 is 9.84 Å². The van der Waals surface area contributed by atoms with Crippen LogP contribution in [0, 0.1) is 0 Å². The lowest BCUT2D eigenvalue weighted by Gasteiger charge is -2.26. The van der Waals surface area contributed by atoms with E-state index in [4.69, 9.17) is 4.74 Å². The average molecular weight is 422 g/mol. The normalized spacial score (nSPS) is 15.4. The number of benzene rings is 1. The van der Waals surface area contributed by atoms with Crippen LogP contribution in [0.25, 0.3) is 0 Å². The number of nitrogens with one attached hydrogen (secondary N) is 1. The third-order valence-electron chi connectivity index (χ3n) is 4.87. The van der Waals surface area contributed by atoms with E-state index in [0.717, 1.165) is 18.7 Å². The molecule has 1 fully saturated rings. The molecule has 0 unspecified atom stereocenters. The highest BCUT2D eigenvalue weighted by Gasteiger charge is 2.14. The van der Waals surface area contributed by atoms with Crippen LogP contribution in [0.4, 0.5) is 5.95 Å². The molecule has 3 rings (SSSR count). The van der Waals surface area contributed by atoms with Crippen LogP contribution < -0.4 is 10.1 Å². The quantitative estimate of drug-likeness (QED) is 0.589. The Morgan fingerprint density at radius 3 is 2.72 bits per heavy atom. The van der Waals surface area contributed by atoms with Crippen LogP contribution in [0.1, 0.15) is 37.1 Å². The van der Waals surface area contributed by atoms with E-state index in [0.29, 0.717) is 24.9 Å².